The second-order valence-electron chi connectivity index (χ2n) is 4.95. The first-order chi connectivity index (χ1) is 9.61. The van der Waals surface area contributed by atoms with Crippen LogP contribution in [-0.2, 0) is 0 Å². The molecule has 0 amide bonds. The number of piperazine rings is 1. The number of nitrogens with zero attached hydrogens (tertiary/aromatic N) is 4. The molecule has 1 aromatic heterocycles. The van der Waals surface area contributed by atoms with Gasteiger partial charge in [0.2, 0.25) is 5.95 Å². The van der Waals surface area contributed by atoms with Gasteiger partial charge in [-0.05, 0) is 13.1 Å². The maximum atomic E-state index is 10.7. The molecule has 8 nitrogen and oxygen atoms in total. The molecule has 0 aliphatic carbocycles. The maximum Gasteiger partial charge on any atom is 0.271 e. The average Bonchev–Trinajstić information content (AvgIpc) is 2.82. The molecule has 8 heteroatoms. The topological polar surface area (TPSA) is 90.3 Å². The Kier molecular flexibility index (Phi) is 3.25. The van der Waals surface area contributed by atoms with Gasteiger partial charge in [0.05, 0.1) is 16.0 Å². The van der Waals surface area contributed by atoms with Crippen LogP contribution < -0.4 is 5.43 Å². The summed E-state index contributed by atoms with van der Waals surface area (Å²) in [7, 11) is 2.09. The predicted octanol–water partition coefficient (Wildman–Crippen LogP) is 1.05. The van der Waals surface area contributed by atoms with Crippen molar-refractivity contribution in [1.29, 1.82) is 0 Å². The number of fused-ring (bicyclic) bond motifs is 1. The van der Waals surface area contributed by atoms with Crippen LogP contribution in [0.15, 0.2) is 18.2 Å². The first kappa shape index (κ1) is 12.8. The molecular weight excluding hydrogens is 260 g/mol. The maximum absolute atomic E-state index is 10.7. The lowest BCUT2D eigenvalue weighted by Gasteiger charge is -2.32. The zero-order valence-corrected chi connectivity index (χ0v) is 11.2. The Morgan fingerprint density at radius 2 is 2.10 bits per heavy atom. The SMILES string of the molecule is CN1CCN(Nc2nc3ccc([N+](=O)[O-])cc3[nH]2)CC1. The zero-order valence-electron chi connectivity index (χ0n) is 11.2. The fourth-order valence-corrected chi connectivity index (χ4v) is 2.23. The van der Waals surface area contributed by atoms with Gasteiger partial charge in [0.15, 0.2) is 0 Å². The Morgan fingerprint density at radius 3 is 2.80 bits per heavy atom. The molecule has 0 bridgehead atoms. The molecule has 0 saturated carbocycles. The van der Waals surface area contributed by atoms with Gasteiger partial charge in [0, 0.05) is 38.3 Å². The van der Waals surface area contributed by atoms with E-state index in [4.69, 9.17) is 0 Å². The molecule has 0 atom stereocenters. The number of non-ortho nitro benzene ring substituents is 1. The number of aromatic amines is 1. The monoisotopic (exact) mass is 276 g/mol. The normalized spacial score (nSPS) is 17.4. The molecular formula is C12H16N6O2. The van der Waals surface area contributed by atoms with Crippen LogP contribution in [0.5, 0.6) is 0 Å². The van der Waals surface area contributed by atoms with Crippen molar-refractivity contribution in [3.8, 4) is 0 Å². The van der Waals surface area contributed by atoms with Gasteiger partial charge >= 0.3 is 0 Å². The van der Waals surface area contributed by atoms with Gasteiger partial charge in [-0.3, -0.25) is 15.5 Å². The molecule has 0 unspecified atom stereocenters. The number of nitrogens with one attached hydrogen (secondary N) is 2. The Morgan fingerprint density at radius 1 is 1.35 bits per heavy atom. The number of imidazole rings is 1. The number of aromatic nitrogens is 2. The summed E-state index contributed by atoms with van der Waals surface area (Å²) in [4.78, 5) is 20.0. The zero-order chi connectivity index (χ0) is 14.1. The third-order valence-corrected chi connectivity index (χ3v) is 3.44. The summed E-state index contributed by atoms with van der Waals surface area (Å²) in [5.74, 6) is 0.616. The minimum atomic E-state index is -0.409. The summed E-state index contributed by atoms with van der Waals surface area (Å²) >= 11 is 0. The largest absolute Gasteiger partial charge is 0.323 e. The van der Waals surface area contributed by atoms with E-state index in [-0.39, 0.29) is 5.69 Å². The van der Waals surface area contributed by atoms with Crippen LogP contribution in [0.2, 0.25) is 0 Å². The van der Waals surface area contributed by atoms with Crippen LogP contribution in [0.25, 0.3) is 11.0 Å². The van der Waals surface area contributed by atoms with Gasteiger partial charge in [-0.15, -0.1) is 0 Å². The van der Waals surface area contributed by atoms with Crippen LogP contribution in [-0.4, -0.2) is 58.0 Å². The van der Waals surface area contributed by atoms with Crippen molar-refractivity contribution in [2.24, 2.45) is 0 Å². The van der Waals surface area contributed by atoms with Crippen LogP contribution >= 0.6 is 0 Å². The number of benzene rings is 1. The number of rotatable bonds is 3. The smallest absolute Gasteiger partial charge is 0.271 e. The molecule has 20 heavy (non-hydrogen) atoms. The van der Waals surface area contributed by atoms with Gasteiger partial charge in [-0.25, -0.2) is 9.99 Å². The Balaban J connectivity index is 1.77. The van der Waals surface area contributed by atoms with Gasteiger partial charge < -0.3 is 9.88 Å². The fraction of sp³-hybridized carbons (Fsp3) is 0.417. The van der Waals surface area contributed by atoms with Crippen LogP contribution in [0.1, 0.15) is 0 Å². The van der Waals surface area contributed by atoms with Gasteiger partial charge in [0.1, 0.15) is 0 Å². The van der Waals surface area contributed by atoms with Gasteiger partial charge in [-0.2, -0.15) is 0 Å². The van der Waals surface area contributed by atoms with E-state index in [9.17, 15) is 10.1 Å². The van der Waals surface area contributed by atoms with Crippen molar-refractivity contribution in [1.82, 2.24) is 19.9 Å². The van der Waals surface area contributed by atoms with Gasteiger partial charge in [-0.1, -0.05) is 0 Å². The molecule has 1 saturated heterocycles. The Bertz CT molecular complexity index is 632. The van der Waals surface area contributed by atoms with Crippen molar-refractivity contribution in [3.05, 3.63) is 28.3 Å². The van der Waals surface area contributed by atoms with E-state index < -0.39 is 4.92 Å². The third-order valence-electron chi connectivity index (χ3n) is 3.44. The van der Waals surface area contributed by atoms with Crippen molar-refractivity contribution < 1.29 is 4.92 Å². The molecule has 1 aliphatic rings. The number of nitro benzene ring substituents is 1. The van der Waals surface area contributed by atoms with E-state index in [0.717, 1.165) is 26.2 Å². The lowest BCUT2D eigenvalue weighted by molar-refractivity contribution is -0.384. The molecule has 1 fully saturated rings. The standard InChI is InChI=1S/C12H16N6O2/c1-16-4-6-17(7-5-16)15-12-13-10-3-2-9(18(19)20)8-11(10)14-12/h2-3,8H,4-7H2,1H3,(H2,13,14,15). The van der Waals surface area contributed by atoms with Crippen molar-refractivity contribution in [2.75, 3.05) is 38.7 Å². The van der Waals surface area contributed by atoms with Gasteiger partial charge in [0.25, 0.3) is 5.69 Å². The number of likely N-dealkylation sites (N-methyl/N-ethyl adjacent to an activating group) is 1. The molecule has 2 N–H and O–H groups in total. The number of anilines is 1. The van der Waals surface area contributed by atoms with Crippen molar-refractivity contribution >= 4 is 22.7 Å². The fourth-order valence-electron chi connectivity index (χ4n) is 2.23. The summed E-state index contributed by atoms with van der Waals surface area (Å²) in [5, 5.41) is 12.8. The van der Waals surface area contributed by atoms with E-state index >= 15 is 0 Å². The Hall–Kier alpha value is -2.19. The first-order valence-electron chi connectivity index (χ1n) is 6.46. The number of hydrogen-bond acceptors (Lipinski definition) is 6. The molecule has 0 radical (unpaired) electrons. The summed E-state index contributed by atoms with van der Waals surface area (Å²) in [5.41, 5.74) is 4.65. The lowest BCUT2D eigenvalue weighted by Crippen LogP contribution is -2.47. The van der Waals surface area contributed by atoms with E-state index in [2.05, 4.69) is 32.4 Å². The predicted molar refractivity (Wildman–Crippen MR) is 75.4 cm³/mol. The molecule has 1 aliphatic heterocycles. The van der Waals surface area contributed by atoms with Crippen LogP contribution in [0.3, 0.4) is 0 Å². The highest BCUT2D eigenvalue weighted by atomic mass is 16.6. The van der Waals surface area contributed by atoms with E-state index in [0.29, 0.717) is 17.0 Å². The van der Waals surface area contributed by atoms with E-state index in [1.165, 1.54) is 12.1 Å². The minimum Gasteiger partial charge on any atom is -0.323 e. The van der Waals surface area contributed by atoms with E-state index in [1.807, 2.05) is 0 Å². The van der Waals surface area contributed by atoms with Crippen molar-refractivity contribution in [3.63, 3.8) is 0 Å². The summed E-state index contributed by atoms with van der Waals surface area (Å²) in [6.45, 7) is 3.82. The quantitative estimate of drug-likeness (QED) is 0.643. The second-order valence-corrected chi connectivity index (χ2v) is 4.95. The van der Waals surface area contributed by atoms with Crippen LogP contribution in [0, 0.1) is 10.1 Å². The van der Waals surface area contributed by atoms with Crippen LogP contribution in [0.4, 0.5) is 11.6 Å². The summed E-state index contributed by atoms with van der Waals surface area (Å²) in [6, 6.07) is 4.61. The van der Waals surface area contributed by atoms with E-state index in [1.54, 1.807) is 6.07 Å². The lowest BCUT2D eigenvalue weighted by atomic mass is 10.3. The number of hydrazine groups is 1. The highest BCUT2D eigenvalue weighted by Crippen LogP contribution is 2.20. The highest BCUT2D eigenvalue weighted by Gasteiger charge is 2.15. The number of hydrogen-bond donors (Lipinski definition) is 2. The first-order valence-corrected chi connectivity index (χ1v) is 6.46. The molecule has 3 rings (SSSR count). The highest BCUT2D eigenvalue weighted by molar-refractivity contribution is 5.79. The van der Waals surface area contributed by atoms with Crippen molar-refractivity contribution in [2.45, 2.75) is 0 Å². The molecule has 2 aromatic rings. The second kappa shape index (κ2) is 5.06. The summed E-state index contributed by atoms with van der Waals surface area (Å²) < 4.78 is 0. The molecule has 1 aromatic carbocycles. The molecule has 2 heterocycles. The molecule has 0 spiro atoms. The molecule has 106 valence electrons. The summed E-state index contributed by atoms with van der Waals surface area (Å²) in [6.07, 6.45) is 0. The average molecular weight is 276 g/mol. The minimum absolute atomic E-state index is 0.0623. The number of nitro groups is 1. The Labute approximate surface area is 115 Å². The number of H-pyrrole nitrogens is 1. The third kappa shape index (κ3) is 2.56.